The Morgan fingerprint density at radius 2 is 1.96 bits per heavy atom. The first-order chi connectivity index (χ1) is 12.6. The van der Waals surface area contributed by atoms with Crippen molar-refractivity contribution in [1.82, 2.24) is 9.99 Å². The van der Waals surface area contributed by atoms with Gasteiger partial charge in [0.25, 0.3) is 5.91 Å². The van der Waals surface area contributed by atoms with Crippen LogP contribution in [0.15, 0.2) is 47.8 Å². The molecule has 4 rings (SSSR count). The number of aryl methyl sites for hydroxylation is 2. The average molecular weight is 349 g/mol. The quantitative estimate of drug-likeness (QED) is 0.774. The Bertz CT molecular complexity index is 892. The average Bonchev–Trinajstić information content (AvgIpc) is 3.25. The minimum Gasteiger partial charge on any atom is -0.486 e. The van der Waals surface area contributed by atoms with Gasteiger partial charge >= 0.3 is 0 Å². The third-order valence-corrected chi connectivity index (χ3v) is 4.85. The Labute approximate surface area is 151 Å². The molecule has 2 aliphatic rings. The lowest BCUT2D eigenvalue weighted by Gasteiger charge is -2.12. The van der Waals surface area contributed by atoms with Crippen molar-refractivity contribution in [3.05, 3.63) is 59.4 Å². The van der Waals surface area contributed by atoms with E-state index < -0.39 is 5.92 Å². The van der Waals surface area contributed by atoms with Gasteiger partial charge in [0, 0.05) is 25.0 Å². The maximum atomic E-state index is 12.7. The van der Waals surface area contributed by atoms with Crippen molar-refractivity contribution in [3.8, 4) is 5.75 Å². The fourth-order valence-electron chi connectivity index (χ4n) is 3.49. The predicted molar refractivity (Wildman–Crippen MR) is 96.0 cm³/mol. The molecular formula is C20H19N3O3. The van der Waals surface area contributed by atoms with E-state index in [4.69, 9.17) is 4.74 Å². The minimum absolute atomic E-state index is 0.160. The van der Waals surface area contributed by atoms with Crippen LogP contribution >= 0.6 is 0 Å². The second-order valence-electron chi connectivity index (χ2n) is 6.56. The molecule has 1 aliphatic carbocycles. The van der Waals surface area contributed by atoms with E-state index in [9.17, 15) is 9.59 Å². The third kappa shape index (κ3) is 2.98. The summed E-state index contributed by atoms with van der Waals surface area (Å²) in [4.78, 5) is 29.1. The molecule has 0 spiro atoms. The molecule has 0 radical (unpaired) electrons. The van der Waals surface area contributed by atoms with Crippen molar-refractivity contribution in [3.63, 3.8) is 0 Å². The molecule has 2 heterocycles. The van der Waals surface area contributed by atoms with Crippen LogP contribution in [0.4, 0.5) is 0 Å². The van der Waals surface area contributed by atoms with Gasteiger partial charge in [-0.3, -0.25) is 14.6 Å². The zero-order valence-electron chi connectivity index (χ0n) is 14.5. The molecule has 0 unspecified atom stereocenters. The molecule has 1 amide bonds. The molecule has 1 aromatic carbocycles. The van der Waals surface area contributed by atoms with Crippen LogP contribution in [-0.2, 0) is 22.4 Å². The molecule has 132 valence electrons. The maximum Gasteiger partial charge on any atom is 0.259 e. The van der Waals surface area contributed by atoms with E-state index >= 15 is 0 Å². The number of benzene rings is 1. The first-order valence-corrected chi connectivity index (χ1v) is 8.67. The molecule has 1 atom stereocenters. The largest absolute Gasteiger partial charge is 0.486 e. The van der Waals surface area contributed by atoms with Gasteiger partial charge in [0.1, 0.15) is 18.3 Å². The zero-order chi connectivity index (χ0) is 18.1. The molecule has 0 saturated heterocycles. The first kappa shape index (κ1) is 16.4. The summed E-state index contributed by atoms with van der Waals surface area (Å²) in [7, 11) is 1.55. The summed E-state index contributed by atoms with van der Waals surface area (Å²) in [5.41, 5.74) is 3.80. The Morgan fingerprint density at radius 3 is 2.77 bits per heavy atom. The number of aromatic nitrogens is 1. The summed E-state index contributed by atoms with van der Waals surface area (Å²) in [5.74, 6) is -0.896. The zero-order valence-corrected chi connectivity index (χ0v) is 14.5. The number of fused-ring (bicyclic) bond motifs is 1. The molecule has 0 fully saturated rings. The summed E-state index contributed by atoms with van der Waals surface area (Å²) in [6.07, 6.45) is 6.54. The standard InChI is InChI=1S/C20H19N3O3/c1-23-20(25)18(19(22-23)14-7-9-21-10-8-14)17(24)12-26-16-6-5-13-3-2-4-15(13)11-16/h5-11,18H,2-4,12H2,1H3/t18-/m1/s1. The van der Waals surface area contributed by atoms with Gasteiger partial charge in [0.15, 0.2) is 5.78 Å². The van der Waals surface area contributed by atoms with Crippen LogP contribution in [-0.4, -0.2) is 41.0 Å². The van der Waals surface area contributed by atoms with Crippen LogP contribution in [0.1, 0.15) is 23.1 Å². The number of amides is 1. The highest BCUT2D eigenvalue weighted by molar-refractivity contribution is 6.28. The number of rotatable bonds is 5. The number of ketones is 1. The molecule has 1 aliphatic heterocycles. The number of hydrogen-bond acceptors (Lipinski definition) is 5. The lowest BCUT2D eigenvalue weighted by atomic mass is 9.94. The van der Waals surface area contributed by atoms with E-state index in [1.165, 1.54) is 16.1 Å². The maximum absolute atomic E-state index is 12.7. The lowest BCUT2D eigenvalue weighted by Crippen LogP contribution is -2.35. The van der Waals surface area contributed by atoms with Gasteiger partial charge in [0.2, 0.25) is 0 Å². The number of Topliss-reactive ketones (excluding diaryl/α,β-unsaturated/α-hetero) is 1. The summed E-state index contributed by atoms with van der Waals surface area (Å²) in [6.45, 7) is -0.160. The molecule has 1 aromatic heterocycles. The Hall–Kier alpha value is -3.02. The number of nitrogens with zero attached hydrogens (tertiary/aromatic N) is 3. The number of hydrogen-bond donors (Lipinski definition) is 0. The Kier molecular flexibility index (Phi) is 4.24. The summed E-state index contributed by atoms with van der Waals surface area (Å²) >= 11 is 0. The molecule has 2 aromatic rings. The molecular weight excluding hydrogens is 330 g/mol. The van der Waals surface area contributed by atoms with Crippen LogP contribution < -0.4 is 4.74 Å². The Morgan fingerprint density at radius 1 is 1.19 bits per heavy atom. The summed E-state index contributed by atoms with van der Waals surface area (Å²) < 4.78 is 5.69. The number of pyridine rings is 1. The van der Waals surface area contributed by atoms with Gasteiger partial charge in [-0.15, -0.1) is 0 Å². The van der Waals surface area contributed by atoms with Crippen LogP contribution in [0.3, 0.4) is 0 Å². The van der Waals surface area contributed by atoms with Crippen molar-refractivity contribution >= 4 is 17.4 Å². The second-order valence-corrected chi connectivity index (χ2v) is 6.56. The number of carbonyl (C=O) groups excluding carboxylic acids is 2. The minimum atomic E-state index is -0.933. The molecule has 0 bridgehead atoms. The second kappa shape index (κ2) is 6.71. The van der Waals surface area contributed by atoms with E-state index in [0.29, 0.717) is 17.0 Å². The van der Waals surface area contributed by atoms with E-state index in [2.05, 4.69) is 16.2 Å². The fraction of sp³-hybridized carbons (Fsp3) is 0.300. The van der Waals surface area contributed by atoms with Gasteiger partial charge in [-0.2, -0.15) is 5.10 Å². The van der Waals surface area contributed by atoms with Gasteiger partial charge in [-0.1, -0.05) is 6.07 Å². The molecule has 0 N–H and O–H groups in total. The number of ether oxygens (including phenoxy) is 1. The highest BCUT2D eigenvalue weighted by Crippen LogP contribution is 2.26. The summed E-state index contributed by atoms with van der Waals surface area (Å²) in [5, 5.41) is 5.46. The van der Waals surface area contributed by atoms with Crippen molar-refractivity contribution in [2.24, 2.45) is 11.0 Å². The molecule has 0 saturated carbocycles. The normalized spacial score (nSPS) is 18.7. The number of hydrazone groups is 1. The number of carbonyl (C=O) groups is 2. The highest BCUT2D eigenvalue weighted by Gasteiger charge is 2.40. The van der Waals surface area contributed by atoms with Crippen LogP contribution in [0.25, 0.3) is 0 Å². The van der Waals surface area contributed by atoms with Crippen molar-refractivity contribution in [2.45, 2.75) is 19.3 Å². The van der Waals surface area contributed by atoms with Gasteiger partial charge < -0.3 is 4.74 Å². The molecule has 26 heavy (non-hydrogen) atoms. The molecule has 6 heteroatoms. The highest BCUT2D eigenvalue weighted by atomic mass is 16.5. The van der Waals surface area contributed by atoms with Crippen molar-refractivity contribution in [1.29, 1.82) is 0 Å². The molecule has 6 nitrogen and oxygen atoms in total. The fourth-order valence-corrected chi connectivity index (χ4v) is 3.49. The van der Waals surface area contributed by atoms with E-state index in [-0.39, 0.29) is 18.3 Å². The smallest absolute Gasteiger partial charge is 0.259 e. The first-order valence-electron chi connectivity index (χ1n) is 8.67. The van der Waals surface area contributed by atoms with Gasteiger partial charge in [0.05, 0.1) is 5.71 Å². The topological polar surface area (TPSA) is 71.9 Å². The van der Waals surface area contributed by atoms with Gasteiger partial charge in [-0.05, 0) is 54.7 Å². The monoisotopic (exact) mass is 349 g/mol. The van der Waals surface area contributed by atoms with Gasteiger partial charge in [-0.25, -0.2) is 5.01 Å². The van der Waals surface area contributed by atoms with E-state index in [1.54, 1.807) is 31.6 Å². The van der Waals surface area contributed by atoms with E-state index in [0.717, 1.165) is 19.3 Å². The third-order valence-electron chi connectivity index (χ3n) is 4.85. The Balaban J connectivity index is 1.49. The van der Waals surface area contributed by atoms with Crippen LogP contribution in [0, 0.1) is 5.92 Å². The predicted octanol–water partition coefficient (Wildman–Crippen LogP) is 2.01. The lowest BCUT2D eigenvalue weighted by molar-refractivity contribution is -0.136. The van der Waals surface area contributed by atoms with E-state index in [1.807, 2.05) is 12.1 Å². The van der Waals surface area contributed by atoms with Crippen molar-refractivity contribution in [2.75, 3.05) is 13.7 Å². The summed E-state index contributed by atoms with van der Waals surface area (Å²) in [6, 6.07) is 9.42. The van der Waals surface area contributed by atoms with Crippen LogP contribution in [0.5, 0.6) is 5.75 Å². The van der Waals surface area contributed by atoms with Crippen LogP contribution in [0.2, 0.25) is 0 Å². The van der Waals surface area contributed by atoms with Crippen molar-refractivity contribution < 1.29 is 14.3 Å². The SMILES string of the molecule is CN1N=C(c2ccncc2)[C@@H](C(=O)COc2ccc3c(c2)CCC3)C1=O.